The fourth-order valence-electron chi connectivity index (χ4n) is 7.59. The maximum absolute atomic E-state index is 13.0. The Hall–Kier alpha value is -2.76. The molecule has 5 aliphatic rings. The van der Waals surface area contributed by atoms with Gasteiger partial charge in [-0.1, -0.05) is 18.2 Å². The van der Waals surface area contributed by atoms with Crippen LogP contribution in [0.2, 0.25) is 0 Å². The van der Waals surface area contributed by atoms with E-state index in [1.165, 1.54) is 52.7 Å². The number of carbonyl (C=O) groups excluding carboxylic acids is 2. The van der Waals surface area contributed by atoms with Crippen molar-refractivity contribution in [1.29, 1.82) is 0 Å². The fraction of sp³-hybridized carbons (Fsp3) is 0.571. The normalized spacial score (nSPS) is 30.0. The molecule has 1 aromatic rings. The molecule has 4 aliphatic carbocycles. The highest BCUT2D eigenvalue weighted by molar-refractivity contribution is 5.98. The molecule has 182 valence electrons. The molecule has 4 bridgehead atoms. The van der Waals surface area contributed by atoms with Crippen LogP contribution in [0.5, 0.6) is 5.75 Å². The Kier molecular flexibility index (Phi) is 6.17. The number of hydrogen-bond donors (Lipinski definition) is 0. The van der Waals surface area contributed by atoms with Gasteiger partial charge >= 0.3 is 11.9 Å². The largest absolute Gasteiger partial charge is 0.494 e. The number of nitrogens with zero attached hydrogens (tertiary/aromatic N) is 1. The molecule has 6 rings (SSSR count). The van der Waals surface area contributed by atoms with Crippen molar-refractivity contribution in [2.75, 3.05) is 27.4 Å². The van der Waals surface area contributed by atoms with Crippen molar-refractivity contribution in [2.24, 2.45) is 23.2 Å². The number of benzene rings is 1. The zero-order valence-corrected chi connectivity index (χ0v) is 20.4. The van der Waals surface area contributed by atoms with Crippen LogP contribution in [-0.4, -0.2) is 44.2 Å². The number of para-hydroxylation sites is 1. The van der Waals surface area contributed by atoms with Crippen molar-refractivity contribution < 1.29 is 23.8 Å². The minimum atomic E-state index is -0.615. The summed E-state index contributed by atoms with van der Waals surface area (Å²) in [6, 6.07) is 7.55. The van der Waals surface area contributed by atoms with Crippen molar-refractivity contribution in [3.63, 3.8) is 0 Å². The van der Waals surface area contributed by atoms with E-state index in [4.69, 9.17) is 14.2 Å². The topological polar surface area (TPSA) is 65.1 Å². The third kappa shape index (κ3) is 4.12. The first-order valence-corrected chi connectivity index (χ1v) is 12.5. The highest BCUT2D eigenvalue weighted by Gasteiger charge is 2.51. The molecule has 0 N–H and O–H groups in total. The Labute approximate surface area is 201 Å². The van der Waals surface area contributed by atoms with Crippen LogP contribution in [-0.2, 0) is 19.1 Å². The van der Waals surface area contributed by atoms with Crippen molar-refractivity contribution in [3.8, 4) is 5.75 Å². The molecule has 4 fully saturated rings. The van der Waals surface area contributed by atoms with E-state index in [1.807, 2.05) is 43.6 Å². The van der Waals surface area contributed by atoms with Crippen molar-refractivity contribution in [1.82, 2.24) is 4.90 Å². The molecule has 6 heteroatoms. The van der Waals surface area contributed by atoms with E-state index in [0.717, 1.165) is 29.9 Å². The SMILES string of the molecule is CCOc1ccccc1C1C(C(=O)OC)=CN(CC23CC4CC(CC(C4)C2)C3)C=C1C(=O)OC. The smallest absolute Gasteiger partial charge is 0.336 e. The van der Waals surface area contributed by atoms with Gasteiger partial charge in [-0.2, -0.15) is 0 Å². The Balaban J connectivity index is 1.54. The van der Waals surface area contributed by atoms with Gasteiger partial charge in [0.1, 0.15) is 5.75 Å². The van der Waals surface area contributed by atoms with E-state index in [1.54, 1.807) is 0 Å². The molecule has 34 heavy (non-hydrogen) atoms. The Morgan fingerprint density at radius 3 is 1.94 bits per heavy atom. The molecule has 6 nitrogen and oxygen atoms in total. The summed E-state index contributed by atoms with van der Waals surface area (Å²) in [5, 5.41) is 0. The van der Waals surface area contributed by atoms with Crippen molar-refractivity contribution in [2.45, 2.75) is 51.4 Å². The number of hydrogen-bond acceptors (Lipinski definition) is 6. The van der Waals surface area contributed by atoms with Gasteiger partial charge in [0.25, 0.3) is 0 Å². The van der Waals surface area contributed by atoms with Crippen LogP contribution >= 0.6 is 0 Å². The molecular formula is C28H35NO5. The summed E-state index contributed by atoms with van der Waals surface area (Å²) in [4.78, 5) is 28.2. The quantitative estimate of drug-likeness (QED) is 0.538. The first kappa shape index (κ1) is 23.0. The number of rotatable bonds is 7. The van der Waals surface area contributed by atoms with E-state index in [-0.39, 0.29) is 5.41 Å². The molecule has 0 atom stereocenters. The average molecular weight is 466 g/mol. The van der Waals surface area contributed by atoms with Gasteiger partial charge in [0.05, 0.1) is 37.9 Å². The summed E-state index contributed by atoms with van der Waals surface area (Å²) in [5.41, 5.74) is 1.87. The lowest BCUT2D eigenvalue weighted by atomic mass is 9.49. The molecule has 0 amide bonds. The summed E-state index contributed by atoms with van der Waals surface area (Å²) in [7, 11) is 2.77. The zero-order chi connectivity index (χ0) is 23.9. The van der Waals surface area contributed by atoms with Gasteiger partial charge in [0.2, 0.25) is 0 Å². The van der Waals surface area contributed by atoms with Crippen LogP contribution in [0, 0.1) is 23.2 Å². The summed E-state index contributed by atoms with van der Waals surface area (Å²) in [6.45, 7) is 3.21. The average Bonchev–Trinajstić information content (AvgIpc) is 2.82. The number of ether oxygens (including phenoxy) is 3. The lowest BCUT2D eigenvalue weighted by Crippen LogP contribution is -2.50. The summed E-state index contributed by atoms with van der Waals surface area (Å²) in [6.07, 6.45) is 11.7. The summed E-state index contributed by atoms with van der Waals surface area (Å²) >= 11 is 0. The van der Waals surface area contributed by atoms with Gasteiger partial charge in [-0.15, -0.1) is 0 Å². The maximum atomic E-state index is 13.0. The highest BCUT2D eigenvalue weighted by Crippen LogP contribution is 2.60. The first-order valence-electron chi connectivity index (χ1n) is 12.5. The second-order valence-corrected chi connectivity index (χ2v) is 10.6. The predicted molar refractivity (Wildman–Crippen MR) is 128 cm³/mol. The first-order chi connectivity index (χ1) is 16.4. The van der Waals surface area contributed by atoms with E-state index in [2.05, 4.69) is 4.90 Å². The lowest BCUT2D eigenvalue weighted by Gasteiger charge is -2.57. The Bertz CT molecular complexity index is 956. The Morgan fingerprint density at radius 2 is 1.44 bits per heavy atom. The van der Waals surface area contributed by atoms with E-state index >= 15 is 0 Å². The zero-order valence-electron chi connectivity index (χ0n) is 20.4. The van der Waals surface area contributed by atoms with Gasteiger partial charge in [-0.25, -0.2) is 9.59 Å². The number of methoxy groups -OCH3 is 2. The van der Waals surface area contributed by atoms with Gasteiger partial charge in [0.15, 0.2) is 0 Å². The van der Waals surface area contributed by atoms with E-state index in [9.17, 15) is 9.59 Å². The second kappa shape index (κ2) is 9.12. The van der Waals surface area contributed by atoms with Crippen LogP contribution in [0.4, 0.5) is 0 Å². The molecule has 0 radical (unpaired) electrons. The number of carbonyl (C=O) groups is 2. The number of esters is 2. The highest BCUT2D eigenvalue weighted by atomic mass is 16.5. The molecule has 4 saturated carbocycles. The van der Waals surface area contributed by atoms with E-state index in [0.29, 0.717) is 23.5 Å². The lowest BCUT2D eigenvalue weighted by molar-refractivity contribution is -0.137. The van der Waals surface area contributed by atoms with Crippen LogP contribution in [0.25, 0.3) is 0 Å². The van der Waals surface area contributed by atoms with Crippen LogP contribution in [0.15, 0.2) is 47.8 Å². The van der Waals surface area contributed by atoms with Crippen LogP contribution in [0.3, 0.4) is 0 Å². The second-order valence-electron chi connectivity index (χ2n) is 10.6. The molecule has 0 aromatic heterocycles. The minimum absolute atomic E-state index is 0.250. The van der Waals surface area contributed by atoms with Crippen LogP contribution in [0.1, 0.15) is 56.9 Å². The van der Waals surface area contributed by atoms with E-state index < -0.39 is 17.9 Å². The molecule has 0 unspecified atom stereocenters. The van der Waals surface area contributed by atoms with Crippen LogP contribution < -0.4 is 4.74 Å². The molecule has 1 aromatic carbocycles. The molecular weight excluding hydrogens is 430 g/mol. The van der Waals surface area contributed by atoms with Gasteiger partial charge in [-0.3, -0.25) is 0 Å². The van der Waals surface area contributed by atoms with Crippen molar-refractivity contribution in [3.05, 3.63) is 53.4 Å². The van der Waals surface area contributed by atoms with Crippen molar-refractivity contribution >= 4 is 11.9 Å². The maximum Gasteiger partial charge on any atom is 0.336 e. The third-order valence-corrected chi connectivity index (χ3v) is 8.29. The van der Waals surface area contributed by atoms with Gasteiger partial charge in [-0.05, 0) is 74.7 Å². The molecule has 1 aliphatic heterocycles. The monoisotopic (exact) mass is 465 g/mol. The van der Waals surface area contributed by atoms with Gasteiger partial charge < -0.3 is 19.1 Å². The molecule has 0 saturated heterocycles. The summed E-state index contributed by atoms with van der Waals surface area (Å²) in [5.74, 6) is 1.63. The predicted octanol–water partition coefficient (Wildman–Crippen LogP) is 4.81. The molecule has 0 spiro atoms. The third-order valence-electron chi connectivity index (χ3n) is 8.29. The summed E-state index contributed by atoms with van der Waals surface area (Å²) < 4.78 is 16.2. The molecule has 1 heterocycles. The standard InChI is InChI=1S/C28H35NO5/c1-4-34-24-8-6-5-7-21(24)25-22(26(30)32-2)15-29(16-23(25)27(31)33-3)17-28-12-18-9-19(13-28)11-20(10-18)14-28/h5-8,15-16,18-20,25H,4,9-14,17H2,1-3H3. The fourth-order valence-corrected chi connectivity index (χ4v) is 7.59. The Morgan fingerprint density at radius 1 is 0.912 bits per heavy atom. The van der Waals surface area contributed by atoms with Gasteiger partial charge in [0, 0.05) is 24.5 Å². The minimum Gasteiger partial charge on any atom is -0.494 e.